The molecule has 1 saturated heterocycles. The number of carbonyl (C=O) groups excluding carboxylic acids is 1. The number of alkyl halides is 3. The van der Waals surface area contributed by atoms with Gasteiger partial charge in [0.1, 0.15) is 11.4 Å². The van der Waals surface area contributed by atoms with Crippen molar-refractivity contribution in [1.29, 1.82) is 0 Å². The number of halogens is 3. The predicted molar refractivity (Wildman–Crippen MR) is 110 cm³/mol. The molecular weight excluding hydrogens is 413 g/mol. The predicted octanol–water partition coefficient (Wildman–Crippen LogP) is 2.62. The number of aromatic nitrogens is 2. The average Bonchev–Trinajstić information content (AvgIpc) is 2.73. The molecule has 1 aromatic heterocycles. The van der Waals surface area contributed by atoms with Gasteiger partial charge in [-0.3, -0.25) is 9.69 Å². The maximum absolute atomic E-state index is 13.3. The van der Waals surface area contributed by atoms with Gasteiger partial charge in [-0.15, -0.1) is 0 Å². The summed E-state index contributed by atoms with van der Waals surface area (Å²) in [4.78, 5) is 21.0. The highest BCUT2D eigenvalue weighted by molar-refractivity contribution is 5.72. The van der Waals surface area contributed by atoms with Crippen molar-refractivity contribution >= 4 is 23.4 Å². The molecule has 3 rings (SSSR count). The highest BCUT2D eigenvalue weighted by atomic mass is 19.4. The quantitative estimate of drug-likeness (QED) is 0.546. The molecule has 11 heteroatoms. The minimum absolute atomic E-state index is 0.0379. The van der Waals surface area contributed by atoms with E-state index >= 15 is 0 Å². The van der Waals surface area contributed by atoms with E-state index in [0.717, 1.165) is 44.6 Å². The lowest BCUT2D eigenvalue weighted by Crippen LogP contribution is -2.35. The van der Waals surface area contributed by atoms with Crippen LogP contribution >= 0.6 is 0 Å². The molecule has 0 saturated carbocycles. The zero-order valence-corrected chi connectivity index (χ0v) is 17.1. The van der Waals surface area contributed by atoms with Gasteiger partial charge in [0.2, 0.25) is 11.9 Å². The van der Waals surface area contributed by atoms with Crippen LogP contribution in [0.2, 0.25) is 0 Å². The Kier molecular flexibility index (Phi) is 7.64. The molecule has 3 N–H and O–H groups in total. The molecule has 0 spiro atoms. The first-order valence-corrected chi connectivity index (χ1v) is 9.90. The van der Waals surface area contributed by atoms with Crippen molar-refractivity contribution in [3.63, 3.8) is 0 Å². The smallest absolute Gasteiger partial charge is 0.379 e. The van der Waals surface area contributed by atoms with E-state index in [-0.39, 0.29) is 30.8 Å². The maximum atomic E-state index is 13.3. The second-order valence-corrected chi connectivity index (χ2v) is 7.07. The van der Waals surface area contributed by atoms with Crippen molar-refractivity contribution in [2.24, 2.45) is 0 Å². The third kappa shape index (κ3) is 7.07. The Bertz CT molecular complexity index is 870. The molecule has 0 bridgehead atoms. The summed E-state index contributed by atoms with van der Waals surface area (Å²) >= 11 is 0. The standard InChI is InChI=1S/C20H25F3N6O2/c1-14(30)24-6-7-25-18-17(20(21,22)23)12-26-19(28-18)27-16-4-2-15(3-5-16)13-29-8-10-31-11-9-29/h2-5,12H,6-11,13H2,1H3,(H,24,30)(H2,25,26,27,28). The molecular formula is C20H25F3N6O2. The molecule has 0 radical (unpaired) electrons. The number of nitrogens with zero attached hydrogens (tertiary/aromatic N) is 3. The molecule has 0 aliphatic carbocycles. The van der Waals surface area contributed by atoms with Gasteiger partial charge in [-0.25, -0.2) is 4.98 Å². The molecule has 8 nitrogen and oxygen atoms in total. The van der Waals surface area contributed by atoms with Crippen LogP contribution in [0.1, 0.15) is 18.1 Å². The first-order valence-electron chi connectivity index (χ1n) is 9.90. The van der Waals surface area contributed by atoms with E-state index in [1.54, 1.807) is 0 Å². The normalized spacial score (nSPS) is 14.8. The first-order chi connectivity index (χ1) is 14.8. The Labute approximate surface area is 178 Å². The number of amides is 1. The van der Waals surface area contributed by atoms with Crippen LogP contribution < -0.4 is 16.0 Å². The molecule has 168 valence electrons. The zero-order chi connectivity index (χ0) is 22.3. The largest absolute Gasteiger partial charge is 0.421 e. The number of ether oxygens (including phenoxy) is 1. The number of anilines is 3. The molecule has 2 aromatic rings. The van der Waals surface area contributed by atoms with E-state index in [9.17, 15) is 18.0 Å². The van der Waals surface area contributed by atoms with Crippen LogP contribution in [0.15, 0.2) is 30.5 Å². The molecule has 1 fully saturated rings. The summed E-state index contributed by atoms with van der Waals surface area (Å²) in [6, 6.07) is 7.57. The molecule has 0 atom stereocenters. The third-order valence-electron chi connectivity index (χ3n) is 4.61. The van der Waals surface area contributed by atoms with Gasteiger partial charge in [0.25, 0.3) is 0 Å². The first kappa shape index (κ1) is 22.8. The highest BCUT2D eigenvalue weighted by Gasteiger charge is 2.35. The van der Waals surface area contributed by atoms with Crippen LogP contribution in [-0.2, 0) is 22.3 Å². The van der Waals surface area contributed by atoms with Crippen LogP contribution in [0, 0.1) is 0 Å². The summed E-state index contributed by atoms with van der Waals surface area (Å²) in [6.45, 7) is 5.63. The number of nitrogens with one attached hydrogen (secondary N) is 3. The van der Waals surface area contributed by atoms with Gasteiger partial charge in [0.15, 0.2) is 0 Å². The molecule has 31 heavy (non-hydrogen) atoms. The molecule has 1 amide bonds. The number of hydrogen-bond donors (Lipinski definition) is 3. The highest BCUT2D eigenvalue weighted by Crippen LogP contribution is 2.34. The Morgan fingerprint density at radius 3 is 2.52 bits per heavy atom. The SMILES string of the molecule is CC(=O)NCCNc1nc(Nc2ccc(CN3CCOCC3)cc2)ncc1C(F)(F)F. The Hall–Kier alpha value is -2.92. The second kappa shape index (κ2) is 10.4. The number of carbonyl (C=O) groups is 1. The van der Waals surface area contributed by atoms with Gasteiger partial charge < -0.3 is 20.7 Å². The fraction of sp³-hybridized carbons (Fsp3) is 0.450. The van der Waals surface area contributed by atoms with Crippen molar-refractivity contribution in [3.05, 3.63) is 41.6 Å². The van der Waals surface area contributed by atoms with E-state index in [4.69, 9.17) is 4.74 Å². The number of rotatable bonds is 8. The van der Waals surface area contributed by atoms with Gasteiger partial charge in [0, 0.05) is 51.5 Å². The summed E-state index contributed by atoms with van der Waals surface area (Å²) in [5, 5.41) is 8.05. The van der Waals surface area contributed by atoms with Crippen molar-refractivity contribution in [1.82, 2.24) is 20.2 Å². The van der Waals surface area contributed by atoms with E-state index < -0.39 is 11.7 Å². The van der Waals surface area contributed by atoms with E-state index in [1.165, 1.54) is 6.92 Å². The van der Waals surface area contributed by atoms with E-state index in [1.807, 2.05) is 24.3 Å². The van der Waals surface area contributed by atoms with Crippen molar-refractivity contribution < 1.29 is 22.7 Å². The van der Waals surface area contributed by atoms with Gasteiger partial charge in [-0.05, 0) is 17.7 Å². The van der Waals surface area contributed by atoms with E-state index in [2.05, 4.69) is 30.8 Å². The molecule has 0 unspecified atom stereocenters. The third-order valence-corrected chi connectivity index (χ3v) is 4.61. The summed E-state index contributed by atoms with van der Waals surface area (Å²) in [5.74, 6) is -0.574. The van der Waals surface area contributed by atoms with Crippen molar-refractivity contribution in [2.45, 2.75) is 19.6 Å². The van der Waals surface area contributed by atoms with Crippen LogP contribution in [-0.4, -0.2) is 60.2 Å². The fourth-order valence-electron chi connectivity index (χ4n) is 3.04. The summed E-state index contributed by atoms with van der Waals surface area (Å²) < 4.78 is 45.1. The summed E-state index contributed by atoms with van der Waals surface area (Å²) in [7, 11) is 0. The minimum Gasteiger partial charge on any atom is -0.379 e. The summed E-state index contributed by atoms with van der Waals surface area (Å²) in [5.41, 5.74) is 0.817. The van der Waals surface area contributed by atoms with Gasteiger partial charge >= 0.3 is 6.18 Å². The van der Waals surface area contributed by atoms with E-state index in [0.29, 0.717) is 5.69 Å². The number of morpholine rings is 1. The van der Waals surface area contributed by atoms with Crippen LogP contribution in [0.25, 0.3) is 0 Å². The number of hydrogen-bond acceptors (Lipinski definition) is 7. The summed E-state index contributed by atoms with van der Waals surface area (Å²) in [6.07, 6.45) is -3.86. The average molecular weight is 438 g/mol. The Morgan fingerprint density at radius 1 is 1.16 bits per heavy atom. The van der Waals surface area contributed by atoms with Crippen LogP contribution in [0.5, 0.6) is 0 Å². The minimum atomic E-state index is -4.60. The maximum Gasteiger partial charge on any atom is 0.421 e. The zero-order valence-electron chi connectivity index (χ0n) is 17.1. The number of benzene rings is 1. The van der Waals surface area contributed by atoms with Crippen molar-refractivity contribution in [2.75, 3.05) is 50.0 Å². The van der Waals surface area contributed by atoms with Crippen molar-refractivity contribution in [3.8, 4) is 0 Å². The van der Waals surface area contributed by atoms with Gasteiger partial charge in [-0.2, -0.15) is 18.2 Å². The van der Waals surface area contributed by atoms with Crippen LogP contribution in [0.3, 0.4) is 0 Å². The Morgan fingerprint density at radius 2 is 1.87 bits per heavy atom. The molecule has 1 aliphatic rings. The Balaban J connectivity index is 1.65. The second-order valence-electron chi connectivity index (χ2n) is 7.07. The van der Waals surface area contributed by atoms with Crippen LogP contribution in [0.4, 0.5) is 30.6 Å². The molecule has 2 heterocycles. The lowest BCUT2D eigenvalue weighted by Gasteiger charge is -2.26. The monoisotopic (exact) mass is 438 g/mol. The lowest BCUT2D eigenvalue weighted by atomic mass is 10.2. The fourth-order valence-corrected chi connectivity index (χ4v) is 3.04. The topological polar surface area (TPSA) is 91.4 Å². The van der Waals surface area contributed by atoms with Gasteiger partial charge in [0.05, 0.1) is 13.2 Å². The molecule has 1 aromatic carbocycles. The molecule has 1 aliphatic heterocycles. The lowest BCUT2D eigenvalue weighted by molar-refractivity contribution is -0.137. The van der Waals surface area contributed by atoms with Gasteiger partial charge in [-0.1, -0.05) is 12.1 Å².